The van der Waals surface area contributed by atoms with Crippen molar-refractivity contribution in [2.75, 3.05) is 24.3 Å². The SMILES string of the molecule is NS(=O)(=O)c1cnn2c1OCCC2.Nc1c2c(cc3c1CCC3)CCC2.O=S(=O)(NC(=S)Nc1c2c(cc3c1CCC3)CCC2)c1cnn2c1OCCC2.S=C=Nc1c2c(cc3c1CCC3)CCC2. The van der Waals surface area contributed by atoms with E-state index in [1.165, 1.54) is 167 Å². The Labute approximate surface area is 414 Å². The molecule has 13 rings (SSSR count). The number of nitrogens with one attached hydrogen (secondary N) is 2. The van der Waals surface area contributed by atoms with Gasteiger partial charge < -0.3 is 20.5 Å². The maximum absolute atomic E-state index is 12.9. The molecule has 2 aromatic heterocycles. The molecule has 0 spiro atoms. The molecule has 3 aromatic carbocycles. The minimum Gasteiger partial charge on any atom is -0.477 e. The summed E-state index contributed by atoms with van der Waals surface area (Å²) in [7, 11) is -7.58. The van der Waals surface area contributed by atoms with E-state index < -0.39 is 20.0 Å². The van der Waals surface area contributed by atoms with Crippen LogP contribution in [0.25, 0.3) is 0 Å². The van der Waals surface area contributed by atoms with Crippen molar-refractivity contribution in [1.82, 2.24) is 24.3 Å². The molecule has 2 aliphatic heterocycles. The maximum Gasteiger partial charge on any atom is 0.270 e. The number of fused-ring (bicyclic) bond motifs is 8. The van der Waals surface area contributed by atoms with Gasteiger partial charge in [-0.1, -0.05) is 18.2 Å². The number of primary sulfonamides is 1. The van der Waals surface area contributed by atoms with E-state index in [0.29, 0.717) is 26.3 Å². The Morgan fingerprint density at radius 3 is 1.48 bits per heavy atom. The Hall–Kier alpha value is -5.17. The molecule has 69 heavy (non-hydrogen) atoms. The quantitative estimate of drug-likeness (QED) is 0.0778. The molecule has 6 aliphatic carbocycles. The molecule has 19 heteroatoms. The number of nitrogen functional groups attached to an aromatic ring is 1. The fourth-order valence-electron chi connectivity index (χ4n) is 11.6. The average molecular weight is 1010 g/mol. The number of aliphatic imine (C=N–C) groups is 1. The molecule has 5 aromatic rings. The second kappa shape index (κ2) is 19.9. The minimum absolute atomic E-state index is 0.0277. The summed E-state index contributed by atoms with van der Waals surface area (Å²) in [5, 5.41) is 18.8. The summed E-state index contributed by atoms with van der Waals surface area (Å²) in [6, 6.07) is 7.16. The number of benzene rings is 3. The molecule has 0 bridgehead atoms. The predicted octanol–water partition coefficient (Wildman–Crippen LogP) is 7.28. The van der Waals surface area contributed by atoms with Crippen molar-refractivity contribution in [3.05, 3.63) is 97.4 Å². The Kier molecular flexibility index (Phi) is 13.7. The summed E-state index contributed by atoms with van der Waals surface area (Å²) in [6.45, 7) is 2.31. The van der Waals surface area contributed by atoms with Crippen LogP contribution in [0.4, 0.5) is 17.1 Å². The lowest BCUT2D eigenvalue weighted by molar-refractivity contribution is 0.224. The molecular weight excluding hydrogens is 951 g/mol. The van der Waals surface area contributed by atoms with Gasteiger partial charge in [-0.05, 0) is 207 Å². The highest BCUT2D eigenvalue weighted by Crippen LogP contribution is 2.41. The molecule has 0 radical (unpaired) electrons. The first-order valence-corrected chi connectivity index (χ1v) is 28.3. The third-order valence-corrected chi connectivity index (χ3v) is 17.3. The monoisotopic (exact) mass is 1010 g/mol. The van der Waals surface area contributed by atoms with E-state index in [0.717, 1.165) is 62.7 Å². The van der Waals surface area contributed by atoms with Crippen molar-refractivity contribution < 1.29 is 26.3 Å². The van der Waals surface area contributed by atoms with E-state index in [9.17, 15) is 16.8 Å². The van der Waals surface area contributed by atoms with Crippen LogP contribution in [-0.4, -0.2) is 59.9 Å². The van der Waals surface area contributed by atoms with Gasteiger partial charge in [-0.2, -0.15) is 15.2 Å². The molecule has 8 aliphatic rings. The van der Waals surface area contributed by atoms with Crippen LogP contribution in [0.3, 0.4) is 0 Å². The Bertz CT molecular complexity index is 3040. The van der Waals surface area contributed by atoms with E-state index in [4.69, 9.17) is 44.8 Å². The van der Waals surface area contributed by atoms with E-state index in [2.05, 4.69) is 48.6 Å². The fraction of sp³-hybridized carbons (Fsp3) is 0.480. The normalized spacial score (nSPS) is 17.4. The van der Waals surface area contributed by atoms with Crippen molar-refractivity contribution in [1.29, 1.82) is 0 Å². The van der Waals surface area contributed by atoms with Gasteiger partial charge in [-0.25, -0.2) is 31.3 Å². The standard InChI is InChI=1S/C19H22N4O3S2.C13H13NS.C12H15N.C6H9N3O3S/c24-28(25,16-11-20-23-8-3-9-26-18(16)23)22-19(27)21-17-14-6-1-4-12(14)10-13-5-2-7-15(13)17;15-8-14-13-11-5-1-3-9(11)7-10-4-2-6-12(10)13;13-12-10-5-1-3-8(10)7-9-4-2-6-11(9)12;7-13(10,11)5-4-8-9-2-1-3-12-6(5)9/h10-11H,1-9H2,(H2,21,22,27);7H,1-6H2;7H,1-6,13H2;4H,1-3H2,(H2,7,10,11). The number of nitrogens with zero attached hydrogens (tertiary/aromatic N) is 5. The zero-order valence-corrected chi connectivity index (χ0v) is 42.1. The van der Waals surface area contributed by atoms with Gasteiger partial charge in [0.15, 0.2) is 14.9 Å². The number of rotatable bonds is 5. The van der Waals surface area contributed by atoms with Crippen LogP contribution >= 0.6 is 24.4 Å². The third-order valence-electron chi connectivity index (χ3n) is 14.7. The lowest BCUT2D eigenvalue weighted by atomic mass is 9.99. The second-order valence-electron chi connectivity index (χ2n) is 19.0. The molecule has 6 N–H and O–H groups in total. The van der Waals surface area contributed by atoms with Crippen LogP contribution in [0, 0.1) is 0 Å². The summed E-state index contributed by atoms with van der Waals surface area (Å²) < 4.78 is 64.0. The number of ether oxygens (including phenoxy) is 2. The molecule has 0 fully saturated rings. The van der Waals surface area contributed by atoms with Gasteiger partial charge in [0.05, 0.1) is 36.5 Å². The van der Waals surface area contributed by atoms with Crippen molar-refractivity contribution in [2.45, 2.75) is 151 Å². The van der Waals surface area contributed by atoms with Crippen molar-refractivity contribution in [3.63, 3.8) is 0 Å². The molecule has 0 saturated heterocycles. The fourth-order valence-corrected chi connectivity index (χ4v) is 13.7. The van der Waals surface area contributed by atoms with Gasteiger partial charge in [0.2, 0.25) is 21.8 Å². The summed E-state index contributed by atoms with van der Waals surface area (Å²) in [5.41, 5.74) is 26.8. The first-order valence-electron chi connectivity index (χ1n) is 24.4. The number of aryl methyl sites for hydroxylation is 8. The molecule has 0 amide bonds. The largest absolute Gasteiger partial charge is 0.477 e. The van der Waals surface area contributed by atoms with E-state index in [1.807, 2.05) is 0 Å². The van der Waals surface area contributed by atoms with Crippen LogP contribution in [0.5, 0.6) is 11.8 Å². The summed E-state index contributed by atoms with van der Waals surface area (Å²) in [5.74, 6) is 0.539. The lowest BCUT2D eigenvalue weighted by Gasteiger charge is -2.19. The van der Waals surface area contributed by atoms with Crippen LogP contribution in [0.1, 0.15) is 118 Å². The lowest BCUT2D eigenvalue weighted by Crippen LogP contribution is -2.35. The highest BCUT2D eigenvalue weighted by atomic mass is 32.2. The number of aromatic nitrogens is 4. The van der Waals surface area contributed by atoms with Gasteiger partial charge in [0.25, 0.3) is 10.0 Å². The minimum atomic E-state index is -3.87. The molecule has 15 nitrogen and oxygen atoms in total. The van der Waals surface area contributed by atoms with Gasteiger partial charge in [0.1, 0.15) is 0 Å². The average Bonchev–Trinajstić information content (AvgIpc) is 4.18. The first kappa shape index (κ1) is 47.5. The van der Waals surface area contributed by atoms with Crippen LogP contribution in [-0.2, 0) is 110 Å². The van der Waals surface area contributed by atoms with Gasteiger partial charge in [-0.15, -0.1) is 0 Å². The van der Waals surface area contributed by atoms with Crippen molar-refractivity contribution >= 4 is 71.8 Å². The zero-order chi connectivity index (χ0) is 47.9. The zero-order valence-electron chi connectivity index (χ0n) is 38.8. The van der Waals surface area contributed by atoms with Crippen LogP contribution in [0.15, 0.2) is 45.4 Å². The number of nitrogens with two attached hydrogens (primary N) is 2. The van der Waals surface area contributed by atoms with Gasteiger partial charge >= 0.3 is 0 Å². The molecule has 364 valence electrons. The molecule has 0 atom stereocenters. The van der Waals surface area contributed by atoms with Gasteiger partial charge in [0, 0.05) is 37.3 Å². The summed E-state index contributed by atoms with van der Waals surface area (Å²) in [6.07, 6.45) is 25.5. The van der Waals surface area contributed by atoms with Crippen molar-refractivity contribution in [2.24, 2.45) is 10.1 Å². The molecule has 0 unspecified atom stereocenters. The highest BCUT2D eigenvalue weighted by molar-refractivity contribution is 7.92. The number of anilines is 2. The molecular formula is C50H59N9O6S4. The number of hydrogen-bond donors (Lipinski definition) is 4. The summed E-state index contributed by atoms with van der Waals surface area (Å²) in [4.78, 5) is 4.31. The Morgan fingerprint density at radius 2 is 1.01 bits per heavy atom. The Morgan fingerprint density at radius 1 is 0.609 bits per heavy atom. The van der Waals surface area contributed by atoms with E-state index in [1.54, 1.807) is 4.68 Å². The summed E-state index contributed by atoms with van der Waals surface area (Å²) >= 11 is 10.1. The predicted molar refractivity (Wildman–Crippen MR) is 273 cm³/mol. The smallest absolute Gasteiger partial charge is 0.270 e. The van der Waals surface area contributed by atoms with Crippen LogP contribution < -0.4 is 30.4 Å². The topological polar surface area (TPSA) is 211 Å². The van der Waals surface area contributed by atoms with Crippen LogP contribution in [0.2, 0.25) is 0 Å². The third kappa shape index (κ3) is 9.70. The Balaban J connectivity index is 0.000000114. The maximum atomic E-state index is 12.9. The first-order chi connectivity index (χ1) is 33.4. The number of hydrogen-bond acceptors (Lipinski definition) is 12. The molecule has 0 saturated carbocycles. The van der Waals surface area contributed by atoms with Crippen molar-refractivity contribution in [3.8, 4) is 11.8 Å². The highest BCUT2D eigenvalue weighted by Gasteiger charge is 2.30. The number of isothiocyanates is 1. The van der Waals surface area contributed by atoms with E-state index in [-0.39, 0.29) is 26.7 Å². The number of sulfonamides is 2. The van der Waals surface area contributed by atoms with E-state index >= 15 is 0 Å². The number of thiocarbonyl (C=S) groups is 2. The van der Waals surface area contributed by atoms with Gasteiger partial charge in [-0.3, -0.25) is 4.72 Å². The molecule has 4 heterocycles. The second-order valence-corrected chi connectivity index (χ2v) is 22.8.